The Hall–Kier alpha value is -3.43. The number of hydrogen-bond acceptors (Lipinski definition) is 5. The van der Waals surface area contributed by atoms with E-state index in [0.29, 0.717) is 30.8 Å². The number of benzene rings is 2. The number of alkyl halides is 3. The van der Waals surface area contributed by atoms with Gasteiger partial charge in [-0.1, -0.05) is 23.4 Å². The zero-order chi connectivity index (χ0) is 21.3. The van der Waals surface area contributed by atoms with Crippen molar-refractivity contribution in [1.82, 2.24) is 15.0 Å². The van der Waals surface area contributed by atoms with Gasteiger partial charge < -0.3 is 14.2 Å². The van der Waals surface area contributed by atoms with E-state index in [9.17, 15) is 22.4 Å². The van der Waals surface area contributed by atoms with Gasteiger partial charge in [-0.2, -0.15) is 18.2 Å². The summed E-state index contributed by atoms with van der Waals surface area (Å²) in [5, 5.41) is 3.36. The van der Waals surface area contributed by atoms with Crippen LogP contribution in [0.5, 0.6) is 5.75 Å². The average molecular weight is 421 g/mol. The first-order chi connectivity index (χ1) is 14.3. The van der Waals surface area contributed by atoms with E-state index in [1.807, 2.05) is 0 Å². The van der Waals surface area contributed by atoms with Crippen LogP contribution < -0.4 is 4.74 Å². The summed E-state index contributed by atoms with van der Waals surface area (Å²) >= 11 is 0. The minimum atomic E-state index is -4.72. The number of aromatic nitrogens is 2. The van der Waals surface area contributed by atoms with Gasteiger partial charge in [-0.25, -0.2) is 4.39 Å². The maximum Gasteiger partial charge on any atom is 0.471 e. The molecular weight excluding hydrogens is 406 g/mol. The smallest absolute Gasteiger partial charge is 0.471 e. The second-order valence-corrected chi connectivity index (χ2v) is 6.74. The van der Waals surface area contributed by atoms with Crippen molar-refractivity contribution in [2.45, 2.75) is 18.7 Å². The first-order valence-electron chi connectivity index (χ1n) is 9.02. The first kappa shape index (κ1) is 19.9. The number of carbonyl (C=O) groups excluding carboxylic acids is 1. The molecule has 30 heavy (non-hydrogen) atoms. The molecule has 1 aliphatic heterocycles. The van der Waals surface area contributed by atoms with E-state index in [-0.39, 0.29) is 23.4 Å². The SMILES string of the molecule is O=C(c1cccc(F)c1)N1CC[C@H](Oc2cccc(-c3noc(C(F)(F)F)n3)c2)C1. The van der Waals surface area contributed by atoms with Gasteiger partial charge in [0.25, 0.3) is 5.91 Å². The molecule has 1 amide bonds. The Morgan fingerprint density at radius 2 is 1.97 bits per heavy atom. The predicted octanol–water partition coefficient (Wildman–Crippen LogP) is 4.19. The summed E-state index contributed by atoms with van der Waals surface area (Å²) in [6.07, 6.45) is -4.47. The van der Waals surface area contributed by atoms with Gasteiger partial charge in [-0.05, 0) is 30.3 Å². The van der Waals surface area contributed by atoms with E-state index in [0.717, 1.165) is 0 Å². The maximum atomic E-state index is 13.3. The van der Waals surface area contributed by atoms with Crippen LogP contribution in [0.25, 0.3) is 11.4 Å². The highest BCUT2D eigenvalue weighted by Crippen LogP contribution is 2.30. The Bertz CT molecular complexity index is 1070. The number of likely N-dealkylation sites (tertiary alicyclic amines) is 1. The number of nitrogens with zero attached hydrogens (tertiary/aromatic N) is 3. The molecule has 0 bridgehead atoms. The minimum absolute atomic E-state index is 0.206. The normalized spacial score (nSPS) is 16.7. The van der Waals surface area contributed by atoms with Gasteiger partial charge in [-0.15, -0.1) is 0 Å². The molecule has 1 saturated heterocycles. The fraction of sp³-hybridized carbons (Fsp3) is 0.250. The van der Waals surface area contributed by atoms with E-state index < -0.39 is 17.9 Å². The van der Waals surface area contributed by atoms with Crippen LogP contribution in [0.2, 0.25) is 0 Å². The topological polar surface area (TPSA) is 68.5 Å². The second-order valence-electron chi connectivity index (χ2n) is 6.74. The van der Waals surface area contributed by atoms with Crippen LogP contribution in [0.1, 0.15) is 22.7 Å². The average Bonchev–Trinajstić information content (AvgIpc) is 3.37. The maximum absolute atomic E-state index is 13.3. The van der Waals surface area contributed by atoms with Crippen molar-refractivity contribution >= 4 is 5.91 Å². The van der Waals surface area contributed by atoms with E-state index >= 15 is 0 Å². The molecule has 1 aliphatic rings. The molecular formula is C20H15F4N3O3. The summed E-state index contributed by atoms with van der Waals surface area (Å²) in [5.41, 5.74) is 0.563. The third-order valence-electron chi connectivity index (χ3n) is 4.57. The molecule has 3 aromatic rings. The van der Waals surface area contributed by atoms with Gasteiger partial charge in [0.1, 0.15) is 17.7 Å². The van der Waals surface area contributed by atoms with Crippen LogP contribution in [0, 0.1) is 5.82 Å². The van der Waals surface area contributed by atoms with Crippen molar-refractivity contribution in [1.29, 1.82) is 0 Å². The highest BCUT2D eigenvalue weighted by Gasteiger charge is 2.38. The molecule has 0 unspecified atom stereocenters. The molecule has 0 N–H and O–H groups in total. The minimum Gasteiger partial charge on any atom is -0.488 e. The summed E-state index contributed by atoms with van der Waals surface area (Å²) in [4.78, 5) is 17.4. The van der Waals surface area contributed by atoms with Gasteiger partial charge in [-0.3, -0.25) is 4.79 Å². The number of halogens is 4. The van der Waals surface area contributed by atoms with Gasteiger partial charge in [0.05, 0.1) is 6.54 Å². The van der Waals surface area contributed by atoms with Crippen LogP contribution in [-0.2, 0) is 6.18 Å². The summed E-state index contributed by atoms with van der Waals surface area (Å²) < 4.78 is 61.4. The van der Waals surface area contributed by atoms with Crippen LogP contribution in [0.3, 0.4) is 0 Å². The van der Waals surface area contributed by atoms with Gasteiger partial charge >= 0.3 is 12.1 Å². The van der Waals surface area contributed by atoms with Crippen LogP contribution >= 0.6 is 0 Å². The molecule has 0 radical (unpaired) electrons. The standard InChI is InChI=1S/C20H15F4N3O3/c21-14-5-1-4-13(9-14)18(28)27-8-7-16(11-27)29-15-6-2-3-12(10-15)17-25-19(30-26-17)20(22,23)24/h1-6,9-10,16H,7-8,11H2/t16-/m0/s1. The van der Waals surface area contributed by atoms with E-state index in [2.05, 4.69) is 14.7 Å². The van der Waals surface area contributed by atoms with Crippen molar-refractivity contribution in [3.63, 3.8) is 0 Å². The first-order valence-corrected chi connectivity index (χ1v) is 9.02. The number of carbonyl (C=O) groups is 1. The lowest BCUT2D eigenvalue weighted by Crippen LogP contribution is -2.31. The number of amides is 1. The largest absolute Gasteiger partial charge is 0.488 e. The molecule has 1 atom stereocenters. The molecule has 156 valence electrons. The van der Waals surface area contributed by atoms with Gasteiger partial charge in [0.15, 0.2) is 0 Å². The zero-order valence-corrected chi connectivity index (χ0v) is 15.4. The third kappa shape index (κ3) is 4.27. The molecule has 6 nitrogen and oxygen atoms in total. The Morgan fingerprint density at radius 1 is 1.17 bits per heavy atom. The van der Waals surface area contributed by atoms with Crippen molar-refractivity contribution in [2.24, 2.45) is 0 Å². The molecule has 0 saturated carbocycles. The van der Waals surface area contributed by atoms with Crippen LogP contribution in [-0.4, -0.2) is 40.1 Å². The quantitative estimate of drug-likeness (QED) is 0.591. The number of ether oxygens (including phenoxy) is 1. The monoisotopic (exact) mass is 421 g/mol. The Balaban J connectivity index is 1.42. The molecule has 1 aromatic heterocycles. The summed E-state index contributed by atoms with van der Waals surface area (Å²) in [5.74, 6) is -2.01. The van der Waals surface area contributed by atoms with Crippen molar-refractivity contribution in [3.8, 4) is 17.1 Å². The fourth-order valence-corrected chi connectivity index (χ4v) is 3.17. The third-order valence-corrected chi connectivity index (χ3v) is 4.57. The molecule has 1 fully saturated rings. The number of rotatable bonds is 4. The van der Waals surface area contributed by atoms with E-state index in [4.69, 9.17) is 4.74 Å². The van der Waals surface area contributed by atoms with Crippen molar-refractivity contribution < 1.29 is 31.6 Å². The molecule has 0 aliphatic carbocycles. The predicted molar refractivity (Wildman–Crippen MR) is 96.1 cm³/mol. The molecule has 4 rings (SSSR count). The fourth-order valence-electron chi connectivity index (χ4n) is 3.17. The molecule has 2 aromatic carbocycles. The lowest BCUT2D eigenvalue weighted by molar-refractivity contribution is -0.159. The zero-order valence-electron chi connectivity index (χ0n) is 15.4. The highest BCUT2D eigenvalue weighted by molar-refractivity contribution is 5.94. The summed E-state index contributed by atoms with van der Waals surface area (Å²) in [6.45, 7) is 0.749. The molecule has 2 heterocycles. The highest BCUT2D eigenvalue weighted by atomic mass is 19.4. The van der Waals surface area contributed by atoms with Gasteiger partial charge in [0, 0.05) is 24.1 Å². The van der Waals surface area contributed by atoms with E-state index in [1.54, 1.807) is 23.1 Å². The Morgan fingerprint density at radius 3 is 2.70 bits per heavy atom. The van der Waals surface area contributed by atoms with Crippen molar-refractivity contribution in [3.05, 3.63) is 65.8 Å². The van der Waals surface area contributed by atoms with Crippen LogP contribution in [0.4, 0.5) is 17.6 Å². The number of hydrogen-bond donors (Lipinski definition) is 0. The summed E-state index contributed by atoms with van der Waals surface area (Å²) in [7, 11) is 0. The molecule has 10 heteroatoms. The van der Waals surface area contributed by atoms with Gasteiger partial charge in [0.2, 0.25) is 5.82 Å². The Kier molecular flexibility index (Phi) is 5.15. The Labute approximate surface area is 168 Å². The van der Waals surface area contributed by atoms with Crippen LogP contribution in [0.15, 0.2) is 53.1 Å². The lowest BCUT2D eigenvalue weighted by atomic mass is 10.2. The second kappa shape index (κ2) is 7.77. The van der Waals surface area contributed by atoms with Crippen molar-refractivity contribution in [2.75, 3.05) is 13.1 Å². The molecule has 0 spiro atoms. The summed E-state index contributed by atoms with van der Waals surface area (Å²) in [6, 6.07) is 11.7. The lowest BCUT2D eigenvalue weighted by Gasteiger charge is -2.17. The van der Waals surface area contributed by atoms with E-state index in [1.165, 1.54) is 30.3 Å².